The molecule has 0 saturated heterocycles. The van der Waals surface area contributed by atoms with Crippen molar-refractivity contribution in [3.05, 3.63) is 169 Å². The van der Waals surface area contributed by atoms with E-state index in [0.29, 0.717) is 0 Å². The third kappa shape index (κ3) is 5.55. The Bertz CT molecular complexity index is 3080. The van der Waals surface area contributed by atoms with Crippen LogP contribution in [0.2, 0.25) is 0 Å². The molecule has 54 heavy (non-hydrogen) atoms. The summed E-state index contributed by atoms with van der Waals surface area (Å²) in [5.41, 5.74) is 14.2. The highest BCUT2D eigenvalue weighted by molar-refractivity contribution is 6.03. The monoisotopic (exact) mass is 692 g/mol. The van der Waals surface area contributed by atoms with Gasteiger partial charge in [0.1, 0.15) is 0 Å². The van der Waals surface area contributed by atoms with E-state index in [0.717, 1.165) is 84.7 Å². The molecule has 3 aromatic heterocycles. The second kappa shape index (κ2) is 13.0. The number of rotatable bonds is 5. The van der Waals surface area contributed by atoms with Gasteiger partial charge in [-0.3, -0.25) is 9.98 Å². The molecule has 9 aromatic rings. The average molecular weight is 693 g/mol. The van der Waals surface area contributed by atoms with E-state index >= 15 is 0 Å². The predicted octanol–water partition coefficient (Wildman–Crippen LogP) is 13.0. The molecule has 0 atom stereocenters. The van der Waals surface area contributed by atoms with Crippen LogP contribution in [0.4, 0.5) is 0 Å². The standard InChI is InChI=1S/C50H36N4/c1-3-42-43(48-31(2)7-4-5-25-51-48)22-19-32-9-13-38(29-44(32)42)39-14-10-33-20-23-45(53-47(33)30-39)40-17-15-37-28-41(18-16-36(37)27-40)46-24-21-35-12-11-34-8-6-26-52-49(34)50(35)54-46/h4-6,8-30H,3,7H2,1-2H3. The van der Waals surface area contributed by atoms with E-state index in [2.05, 4.69) is 152 Å². The van der Waals surface area contributed by atoms with E-state index in [4.69, 9.17) is 15.0 Å². The molecule has 4 heterocycles. The minimum absolute atomic E-state index is 0.919. The first-order chi connectivity index (χ1) is 26.6. The summed E-state index contributed by atoms with van der Waals surface area (Å²) in [5.74, 6) is 0. The number of fused-ring (bicyclic) bond motifs is 6. The normalized spacial score (nSPS) is 13.1. The van der Waals surface area contributed by atoms with Crippen molar-refractivity contribution in [1.29, 1.82) is 0 Å². The van der Waals surface area contributed by atoms with Gasteiger partial charge in [0.2, 0.25) is 0 Å². The number of aryl methyl sites for hydroxylation is 1. The number of pyridine rings is 3. The van der Waals surface area contributed by atoms with Crippen molar-refractivity contribution in [3.63, 3.8) is 0 Å². The molecule has 0 spiro atoms. The molecule has 10 rings (SSSR count). The van der Waals surface area contributed by atoms with Crippen molar-refractivity contribution in [2.24, 2.45) is 4.99 Å². The highest BCUT2D eigenvalue weighted by Gasteiger charge is 2.15. The van der Waals surface area contributed by atoms with Crippen molar-refractivity contribution in [2.75, 3.05) is 0 Å². The largest absolute Gasteiger partial charge is 0.256 e. The molecule has 0 saturated carbocycles. The zero-order chi connectivity index (χ0) is 36.2. The van der Waals surface area contributed by atoms with Gasteiger partial charge in [0.25, 0.3) is 0 Å². The molecule has 1 aliphatic heterocycles. The first-order valence-electron chi connectivity index (χ1n) is 18.6. The van der Waals surface area contributed by atoms with E-state index in [9.17, 15) is 0 Å². The first kappa shape index (κ1) is 31.9. The molecule has 0 amide bonds. The van der Waals surface area contributed by atoms with Gasteiger partial charge in [-0.2, -0.15) is 0 Å². The van der Waals surface area contributed by atoms with Crippen LogP contribution in [0.15, 0.2) is 162 Å². The molecule has 0 aliphatic carbocycles. The lowest BCUT2D eigenvalue weighted by molar-refractivity contribution is 1.13. The summed E-state index contributed by atoms with van der Waals surface area (Å²) in [5, 5.41) is 8.17. The maximum absolute atomic E-state index is 5.20. The Kier molecular flexibility index (Phi) is 7.69. The van der Waals surface area contributed by atoms with Crippen LogP contribution in [-0.2, 0) is 6.42 Å². The third-order valence-electron chi connectivity index (χ3n) is 10.9. The van der Waals surface area contributed by atoms with Crippen molar-refractivity contribution in [2.45, 2.75) is 26.7 Å². The fraction of sp³-hybridized carbons (Fsp3) is 0.0800. The first-order valence-corrected chi connectivity index (χ1v) is 18.6. The maximum atomic E-state index is 5.20. The maximum Gasteiger partial charge on any atom is 0.0972 e. The molecule has 0 fully saturated rings. The van der Waals surface area contributed by atoms with Gasteiger partial charge in [0, 0.05) is 45.3 Å². The molecule has 256 valence electrons. The van der Waals surface area contributed by atoms with Gasteiger partial charge < -0.3 is 0 Å². The van der Waals surface area contributed by atoms with Crippen LogP contribution in [0.25, 0.3) is 93.6 Å². The van der Waals surface area contributed by atoms with Crippen LogP contribution in [0, 0.1) is 0 Å². The summed E-state index contributed by atoms with van der Waals surface area (Å²) in [4.78, 5) is 19.8. The fourth-order valence-electron chi connectivity index (χ4n) is 8.00. The van der Waals surface area contributed by atoms with Crippen molar-refractivity contribution < 1.29 is 0 Å². The second-order valence-corrected chi connectivity index (χ2v) is 14.2. The highest BCUT2D eigenvalue weighted by Crippen LogP contribution is 2.36. The summed E-state index contributed by atoms with van der Waals surface area (Å²) in [7, 11) is 0. The van der Waals surface area contributed by atoms with Crippen LogP contribution in [0.3, 0.4) is 0 Å². The highest BCUT2D eigenvalue weighted by atomic mass is 14.8. The van der Waals surface area contributed by atoms with Crippen molar-refractivity contribution in [1.82, 2.24) is 15.0 Å². The minimum atomic E-state index is 0.919. The smallest absolute Gasteiger partial charge is 0.0972 e. The summed E-state index contributed by atoms with van der Waals surface area (Å²) < 4.78 is 0. The third-order valence-corrected chi connectivity index (χ3v) is 10.9. The number of aromatic nitrogens is 3. The van der Waals surface area contributed by atoms with Crippen LogP contribution in [-0.4, -0.2) is 21.2 Å². The summed E-state index contributed by atoms with van der Waals surface area (Å²) >= 11 is 0. The number of aliphatic imine (C=N–C) groups is 1. The van der Waals surface area contributed by atoms with Crippen molar-refractivity contribution in [3.8, 4) is 33.6 Å². The predicted molar refractivity (Wildman–Crippen MR) is 228 cm³/mol. The van der Waals surface area contributed by atoms with Gasteiger partial charge in [-0.1, -0.05) is 104 Å². The van der Waals surface area contributed by atoms with Gasteiger partial charge in [-0.15, -0.1) is 0 Å². The van der Waals surface area contributed by atoms with Crippen LogP contribution in [0.1, 0.15) is 31.4 Å². The van der Waals surface area contributed by atoms with Crippen LogP contribution >= 0.6 is 0 Å². The molecular formula is C50H36N4. The second-order valence-electron chi connectivity index (χ2n) is 14.2. The number of allylic oxidation sites excluding steroid dienone is 3. The van der Waals surface area contributed by atoms with Gasteiger partial charge >= 0.3 is 0 Å². The zero-order valence-corrected chi connectivity index (χ0v) is 30.2. The minimum Gasteiger partial charge on any atom is -0.256 e. The van der Waals surface area contributed by atoms with Crippen LogP contribution in [0.5, 0.6) is 0 Å². The quantitative estimate of drug-likeness (QED) is 0.169. The molecule has 4 nitrogen and oxygen atoms in total. The van der Waals surface area contributed by atoms with E-state index < -0.39 is 0 Å². The number of hydrogen-bond acceptors (Lipinski definition) is 4. The number of benzene rings is 6. The Balaban J connectivity index is 0.987. The molecule has 6 aromatic carbocycles. The van der Waals surface area contributed by atoms with E-state index in [1.165, 1.54) is 38.4 Å². The van der Waals surface area contributed by atoms with Crippen LogP contribution < -0.4 is 0 Å². The molecule has 1 aliphatic rings. The molecular weight excluding hydrogens is 657 g/mol. The Morgan fingerprint density at radius 3 is 1.98 bits per heavy atom. The molecule has 4 heteroatoms. The zero-order valence-electron chi connectivity index (χ0n) is 30.2. The summed E-state index contributed by atoms with van der Waals surface area (Å²) in [6, 6.07) is 47.9. The topological polar surface area (TPSA) is 51.0 Å². The lowest BCUT2D eigenvalue weighted by Gasteiger charge is -2.15. The number of hydrogen-bond donors (Lipinski definition) is 0. The summed E-state index contributed by atoms with van der Waals surface area (Å²) in [6.07, 6.45) is 9.82. The van der Waals surface area contributed by atoms with E-state index in [-0.39, 0.29) is 0 Å². The fourth-order valence-corrected chi connectivity index (χ4v) is 8.00. The molecule has 0 radical (unpaired) electrons. The summed E-state index contributed by atoms with van der Waals surface area (Å²) in [6.45, 7) is 4.44. The molecule has 0 unspecified atom stereocenters. The Hall–Kier alpha value is -6.78. The SMILES string of the molecule is CCc1c(C2=C(C)CC=CC=N2)ccc2ccc(-c3ccc4ccc(-c5ccc6cc(-c7ccc8ccc9cccnc9c8n7)ccc6c5)nc4c3)cc12. The molecule has 0 N–H and O–H groups in total. The van der Waals surface area contributed by atoms with E-state index in [1.807, 2.05) is 24.6 Å². The number of nitrogens with zero attached hydrogens (tertiary/aromatic N) is 4. The van der Waals surface area contributed by atoms with Gasteiger partial charge in [0.05, 0.1) is 33.6 Å². The van der Waals surface area contributed by atoms with Gasteiger partial charge in [-0.25, -0.2) is 9.97 Å². The molecule has 0 bridgehead atoms. The Morgan fingerprint density at radius 1 is 0.556 bits per heavy atom. The van der Waals surface area contributed by atoms with Gasteiger partial charge in [-0.05, 0) is 112 Å². The lowest BCUT2D eigenvalue weighted by atomic mass is 9.91. The van der Waals surface area contributed by atoms with E-state index in [1.54, 1.807) is 0 Å². The average Bonchev–Trinajstić information content (AvgIpc) is 3.45. The Morgan fingerprint density at radius 2 is 1.19 bits per heavy atom. The Labute approximate surface area is 313 Å². The van der Waals surface area contributed by atoms with Crippen molar-refractivity contribution >= 4 is 66.2 Å². The lowest BCUT2D eigenvalue weighted by Crippen LogP contribution is -1.96. The van der Waals surface area contributed by atoms with Gasteiger partial charge in [0.15, 0.2) is 0 Å².